The van der Waals surface area contributed by atoms with Crippen molar-refractivity contribution in [3.8, 4) is 27.9 Å². The number of benzene rings is 7. The van der Waals surface area contributed by atoms with Crippen LogP contribution in [0.5, 0.6) is 0 Å². The van der Waals surface area contributed by atoms with Gasteiger partial charge in [0.25, 0.3) is 0 Å². The molecule has 0 spiro atoms. The summed E-state index contributed by atoms with van der Waals surface area (Å²) in [6.07, 6.45) is 0. The lowest BCUT2D eigenvalue weighted by Crippen LogP contribution is -1.93. The van der Waals surface area contributed by atoms with Gasteiger partial charge in [0.2, 0.25) is 0 Å². The fraction of sp³-hybridized carbons (Fsp3) is 0.0455. The van der Waals surface area contributed by atoms with Crippen molar-refractivity contribution in [2.24, 2.45) is 0 Å². The summed E-state index contributed by atoms with van der Waals surface area (Å²) in [6.45, 7) is 4.00. The molecular formula is C44H32N2S. The number of aromatic amines is 1. The van der Waals surface area contributed by atoms with Gasteiger partial charge in [-0.1, -0.05) is 117 Å². The molecule has 0 amide bonds. The van der Waals surface area contributed by atoms with Gasteiger partial charge in [0, 0.05) is 58.5 Å². The van der Waals surface area contributed by atoms with E-state index < -0.39 is 0 Å². The van der Waals surface area contributed by atoms with Crippen LogP contribution in [-0.2, 0) is 0 Å². The summed E-state index contributed by atoms with van der Waals surface area (Å²) in [5.41, 5.74) is 10.9. The summed E-state index contributed by atoms with van der Waals surface area (Å²) < 4.78 is 5.06. The molecule has 10 aromatic rings. The van der Waals surface area contributed by atoms with Crippen LogP contribution in [0, 0.1) is 0 Å². The molecule has 47 heavy (non-hydrogen) atoms. The Hall–Kier alpha value is -5.64. The van der Waals surface area contributed by atoms with Crippen molar-refractivity contribution in [1.29, 1.82) is 0 Å². The van der Waals surface area contributed by atoms with E-state index in [9.17, 15) is 0 Å². The minimum atomic E-state index is 1.15. The standard InChI is InChI=1S/C42H26N2S.C2H6/c1-4-18-37-31(12-1)32-13-2-5-19-38(32)44(37)28-22-23-36-35(25-28)33-17-8-16-30(42(33)43-36)27-11-7-10-26(24-27)29-15-9-21-40-41(29)34-14-3-6-20-39(34)45-40;1-2/h1-25,43H;1-2H3. The number of H-pyrrole nitrogens is 1. The van der Waals surface area contributed by atoms with Crippen molar-refractivity contribution >= 4 is 75.1 Å². The Labute approximate surface area is 277 Å². The summed E-state index contributed by atoms with van der Waals surface area (Å²) in [6, 6.07) is 55.4. The molecule has 2 nitrogen and oxygen atoms in total. The Bertz CT molecular complexity index is 2720. The van der Waals surface area contributed by atoms with E-state index in [-0.39, 0.29) is 0 Å². The Morgan fingerprint density at radius 2 is 1.06 bits per heavy atom. The monoisotopic (exact) mass is 620 g/mol. The van der Waals surface area contributed by atoms with Gasteiger partial charge in [-0.15, -0.1) is 11.3 Å². The van der Waals surface area contributed by atoms with E-state index in [1.165, 1.54) is 86.2 Å². The van der Waals surface area contributed by atoms with E-state index in [2.05, 4.69) is 161 Å². The zero-order valence-electron chi connectivity index (χ0n) is 26.3. The zero-order chi connectivity index (χ0) is 31.5. The summed E-state index contributed by atoms with van der Waals surface area (Å²) in [4.78, 5) is 3.79. The van der Waals surface area contributed by atoms with E-state index in [0.717, 1.165) is 5.52 Å². The SMILES string of the molecule is CC.c1cc(-c2cccc3c2[nH]c2ccc(-n4c5ccccc5c5ccccc54)cc23)cc(-c2cccc3sc4ccccc4c23)c1. The predicted octanol–water partition coefficient (Wildman–Crippen LogP) is 13.1. The Morgan fingerprint density at radius 1 is 0.468 bits per heavy atom. The second kappa shape index (κ2) is 11.0. The van der Waals surface area contributed by atoms with Gasteiger partial charge in [0.1, 0.15) is 0 Å². The molecule has 3 aromatic heterocycles. The van der Waals surface area contributed by atoms with Crippen molar-refractivity contribution in [1.82, 2.24) is 9.55 Å². The average Bonchev–Trinajstić information content (AvgIpc) is 3.82. The molecular weight excluding hydrogens is 589 g/mol. The van der Waals surface area contributed by atoms with Crippen molar-refractivity contribution in [2.75, 3.05) is 0 Å². The maximum atomic E-state index is 3.79. The van der Waals surface area contributed by atoms with Gasteiger partial charge < -0.3 is 9.55 Å². The van der Waals surface area contributed by atoms with Crippen LogP contribution in [0.25, 0.3) is 91.7 Å². The highest BCUT2D eigenvalue weighted by Crippen LogP contribution is 2.42. The molecule has 0 saturated heterocycles. The molecule has 0 atom stereocenters. The fourth-order valence-electron chi connectivity index (χ4n) is 7.36. The summed E-state index contributed by atoms with van der Waals surface area (Å²) >= 11 is 1.87. The lowest BCUT2D eigenvalue weighted by atomic mass is 9.95. The van der Waals surface area contributed by atoms with Crippen molar-refractivity contribution in [3.05, 3.63) is 152 Å². The molecule has 3 heterocycles. The zero-order valence-corrected chi connectivity index (χ0v) is 27.1. The summed E-state index contributed by atoms with van der Waals surface area (Å²) in [5.74, 6) is 0. The van der Waals surface area contributed by atoms with Gasteiger partial charge in [-0.05, 0) is 65.2 Å². The van der Waals surface area contributed by atoms with Crippen LogP contribution < -0.4 is 0 Å². The topological polar surface area (TPSA) is 20.7 Å². The minimum Gasteiger partial charge on any atom is -0.354 e. The highest BCUT2D eigenvalue weighted by atomic mass is 32.1. The van der Waals surface area contributed by atoms with E-state index in [4.69, 9.17) is 0 Å². The lowest BCUT2D eigenvalue weighted by Gasteiger charge is -2.09. The van der Waals surface area contributed by atoms with Crippen molar-refractivity contribution in [2.45, 2.75) is 13.8 Å². The first kappa shape index (κ1) is 27.7. The van der Waals surface area contributed by atoms with Crippen LogP contribution in [0.4, 0.5) is 0 Å². The number of aromatic nitrogens is 2. The van der Waals surface area contributed by atoms with E-state index in [0.29, 0.717) is 0 Å². The van der Waals surface area contributed by atoms with Crippen LogP contribution in [0.2, 0.25) is 0 Å². The van der Waals surface area contributed by atoms with Crippen LogP contribution in [0.1, 0.15) is 13.8 Å². The summed E-state index contributed by atoms with van der Waals surface area (Å²) in [5, 5.41) is 7.70. The smallest absolute Gasteiger partial charge is 0.0544 e. The Balaban J connectivity index is 0.00000149. The molecule has 0 unspecified atom stereocenters. The van der Waals surface area contributed by atoms with Gasteiger partial charge in [-0.3, -0.25) is 0 Å². The molecule has 0 radical (unpaired) electrons. The molecule has 0 aliphatic carbocycles. The average molecular weight is 621 g/mol. The molecule has 224 valence electrons. The molecule has 1 N–H and O–H groups in total. The highest BCUT2D eigenvalue weighted by Gasteiger charge is 2.16. The minimum absolute atomic E-state index is 1.15. The van der Waals surface area contributed by atoms with E-state index in [1.54, 1.807) is 0 Å². The molecule has 3 heteroatoms. The van der Waals surface area contributed by atoms with Gasteiger partial charge in [0.05, 0.1) is 16.6 Å². The molecule has 0 aliphatic rings. The first-order valence-electron chi connectivity index (χ1n) is 16.4. The third-order valence-corrected chi connectivity index (χ3v) is 10.5. The molecule has 0 bridgehead atoms. The Morgan fingerprint density at radius 3 is 1.85 bits per heavy atom. The summed E-state index contributed by atoms with van der Waals surface area (Å²) in [7, 11) is 0. The van der Waals surface area contributed by atoms with E-state index in [1.807, 2.05) is 25.2 Å². The molecule has 0 fully saturated rings. The molecule has 0 aliphatic heterocycles. The molecule has 10 rings (SSSR count). The number of nitrogens with one attached hydrogen (secondary N) is 1. The van der Waals surface area contributed by atoms with E-state index >= 15 is 0 Å². The van der Waals surface area contributed by atoms with Gasteiger partial charge in [0.15, 0.2) is 0 Å². The van der Waals surface area contributed by atoms with Crippen molar-refractivity contribution in [3.63, 3.8) is 0 Å². The van der Waals surface area contributed by atoms with Crippen molar-refractivity contribution < 1.29 is 0 Å². The number of rotatable bonds is 3. The third kappa shape index (κ3) is 4.24. The largest absolute Gasteiger partial charge is 0.354 e. The third-order valence-electron chi connectivity index (χ3n) is 9.34. The first-order valence-corrected chi connectivity index (χ1v) is 17.2. The second-order valence-electron chi connectivity index (χ2n) is 11.8. The van der Waals surface area contributed by atoms with Gasteiger partial charge >= 0.3 is 0 Å². The number of para-hydroxylation sites is 3. The predicted molar refractivity (Wildman–Crippen MR) is 205 cm³/mol. The number of hydrogen-bond acceptors (Lipinski definition) is 1. The lowest BCUT2D eigenvalue weighted by molar-refractivity contribution is 1.19. The molecule has 7 aromatic carbocycles. The second-order valence-corrected chi connectivity index (χ2v) is 12.9. The molecule has 0 saturated carbocycles. The maximum Gasteiger partial charge on any atom is 0.0544 e. The number of nitrogens with zero attached hydrogens (tertiary/aromatic N) is 1. The Kier molecular flexibility index (Phi) is 6.48. The van der Waals surface area contributed by atoms with Crippen LogP contribution >= 0.6 is 11.3 Å². The quantitative estimate of drug-likeness (QED) is 0.203. The first-order chi connectivity index (χ1) is 23.3. The van der Waals surface area contributed by atoms with Crippen LogP contribution in [-0.4, -0.2) is 9.55 Å². The number of fused-ring (bicyclic) bond motifs is 9. The number of thiophene rings is 1. The number of hydrogen-bond donors (Lipinski definition) is 1. The fourth-order valence-corrected chi connectivity index (χ4v) is 8.49. The van der Waals surface area contributed by atoms with Crippen LogP contribution in [0.15, 0.2) is 152 Å². The van der Waals surface area contributed by atoms with Gasteiger partial charge in [-0.2, -0.15) is 0 Å². The van der Waals surface area contributed by atoms with Gasteiger partial charge in [-0.25, -0.2) is 0 Å². The van der Waals surface area contributed by atoms with Crippen LogP contribution in [0.3, 0.4) is 0 Å². The highest BCUT2D eigenvalue weighted by molar-refractivity contribution is 7.25. The normalized spacial score (nSPS) is 11.6. The maximum absolute atomic E-state index is 3.79.